The zero-order valence-electron chi connectivity index (χ0n) is 15.9. The first kappa shape index (κ1) is 19.4. The second-order valence-corrected chi connectivity index (χ2v) is 6.01. The predicted molar refractivity (Wildman–Crippen MR) is 109 cm³/mol. The molecule has 3 rings (SSSR count). The molecule has 0 fully saturated rings. The maximum absolute atomic E-state index is 13.3. The Morgan fingerprint density at radius 2 is 1.75 bits per heavy atom. The van der Waals surface area contributed by atoms with E-state index >= 15 is 0 Å². The number of benzene rings is 3. The Morgan fingerprint density at radius 3 is 2.46 bits per heavy atom. The molecule has 0 spiro atoms. The predicted octanol–water partition coefficient (Wildman–Crippen LogP) is 5.56. The highest BCUT2D eigenvalue weighted by Gasteiger charge is 2.06. The van der Waals surface area contributed by atoms with E-state index in [1.54, 1.807) is 19.4 Å². The number of hydrogen-bond acceptors (Lipinski definition) is 4. The Morgan fingerprint density at radius 1 is 0.929 bits per heavy atom. The smallest absolute Gasteiger partial charge is 0.161 e. The molecule has 28 heavy (non-hydrogen) atoms. The SMILES string of the molecule is CCOc1ccc(N=Cc2ccc(OCc3cccc(F)c3)c(OC)c2)cc1. The zero-order chi connectivity index (χ0) is 19.8. The summed E-state index contributed by atoms with van der Waals surface area (Å²) < 4.78 is 29.9. The van der Waals surface area contributed by atoms with Crippen LogP contribution in [0.4, 0.5) is 10.1 Å². The lowest BCUT2D eigenvalue weighted by Gasteiger charge is -2.11. The van der Waals surface area contributed by atoms with Crippen LogP contribution in [0, 0.1) is 5.82 Å². The number of rotatable bonds is 8. The lowest BCUT2D eigenvalue weighted by atomic mass is 10.2. The van der Waals surface area contributed by atoms with E-state index in [0.29, 0.717) is 18.1 Å². The lowest BCUT2D eigenvalue weighted by molar-refractivity contribution is 0.284. The molecule has 0 saturated heterocycles. The molecule has 0 heterocycles. The molecule has 0 unspecified atom stereocenters. The molecule has 4 nitrogen and oxygen atoms in total. The van der Waals surface area contributed by atoms with Crippen LogP contribution in [0.15, 0.2) is 71.7 Å². The van der Waals surface area contributed by atoms with Crippen LogP contribution in [0.5, 0.6) is 17.2 Å². The third-order valence-electron chi connectivity index (χ3n) is 3.98. The van der Waals surface area contributed by atoms with Gasteiger partial charge in [-0.25, -0.2) is 4.39 Å². The van der Waals surface area contributed by atoms with Crippen LogP contribution in [-0.2, 0) is 6.61 Å². The van der Waals surface area contributed by atoms with Gasteiger partial charge in [0, 0.05) is 6.21 Å². The molecule has 3 aromatic rings. The van der Waals surface area contributed by atoms with E-state index in [4.69, 9.17) is 14.2 Å². The Balaban J connectivity index is 1.68. The van der Waals surface area contributed by atoms with Crippen LogP contribution in [0.25, 0.3) is 0 Å². The number of methoxy groups -OCH3 is 1. The summed E-state index contributed by atoms with van der Waals surface area (Å²) in [5, 5.41) is 0. The van der Waals surface area contributed by atoms with Crippen molar-refractivity contribution in [3.8, 4) is 17.2 Å². The fourth-order valence-electron chi connectivity index (χ4n) is 2.62. The molecule has 0 aliphatic rings. The van der Waals surface area contributed by atoms with Crippen LogP contribution >= 0.6 is 0 Å². The van der Waals surface area contributed by atoms with Crippen LogP contribution in [-0.4, -0.2) is 19.9 Å². The summed E-state index contributed by atoms with van der Waals surface area (Å²) in [6, 6.07) is 19.5. The van der Waals surface area contributed by atoms with Crippen LogP contribution < -0.4 is 14.2 Å². The Bertz CT molecular complexity index is 939. The van der Waals surface area contributed by atoms with Gasteiger partial charge in [0.1, 0.15) is 18.2 Å². The molecule has 0 radical (unpaired) electrons. The van der Waals surface area contributed by atoms with Gasteiger partial charge in [0.25, 0.3) is 0 Å². The van der Waals surface area contributed by atoms with Crippen molar-refractivity contribution in [2.75, 3.05) is 13.7 Å². The van der Waals surface area contributed by atoms with Crippen LogP contribution in [0.3, 0.4) is 0 Å². The standard InChI is InChI=1S/C23H22FNO3/c1-3-27-21-10-8-20(9-11-21)25-15-17-7-12-22(23(14-17)26-2)28-16-18-5-4-6-19(24)13-18/h4-15H,3,16H2,1-2H3. The summed E-state index contributed by atoms with van der Waals surface area (Å²) in [4.78, 5) is 4.47. The van der Waals surface area contributed by atoms with Gasteiger partial charge in [-0.2, -0.15) is 0 Å². The molecule has 0 aromatic heterocycles. The minimum Gasteiger partial charge on any atom is -0.494 e. The summed E-state index contributed by atoms with van der Waals surface area (Å²) in [5.41, 5.74) is 2.46. The molecule has 0 aliphatic carbocycles. The fraction of sp³-hybridized carbons (Fsp3) is 0.174. The second kappa shape index (κ2) is 9.55. The van der Waals surface area contributed by atoms with Gasteiger partial charge in [-0.3, -0.25) is 4.99 Å². The molecule has 0 atom stereocenters. The van der Waals surface area contributed by atoms with Gasteiger partial charge in [0.15, 0.2) is 11.5 Å². The normalized spacial score (nSPS) is 10.8. The van der Waals surface area contributed by atoms with Crippen molar-refractivity contribution in [2.24, 2.45) is 4.99 Å². The highest BCUT2D eigenvalue weighted by atomic mass is 19.1. The van der Waals surface area contributed by atoms with Crippen molar-refractivity contribution in [1.29, 1.82) is 0 Å². The van der Waals surface area contributed by atoms with E-state index in [1.807, 2.05) is 55.5 Å². The minimum atomic E-state index is -0.283. The monoisotopic (exact) mass is 379 g/mol. The maximum Gasteiger partial charge on any atom is 0.161 e. The van der Waals surface area contributed by atoms with E-state index in [0.717, 1.165) is 22.6 Å². The molecular weight excluding hydrogens is 357 g/mol. The number of ether oxygens (including phenoxy) is 3. The molecule has 0 N–H and O–H groups in total. The van der Waals surface area contributed by atoms with Crippen molar-refractivity contribution < 1.29 is 18.6 Å². The van der Waals surface area contributed by atoms with E-state index in [-0.39, 0.29) is 12.4 Å². The molecule has 0 amide bonds. The third-order valence-corrected chi connectivity index (χ3v) is 3.98. The van der Waals surface area contributed by atoms with Crippen molar-refractivity contribution in [2.45, 2.75) is 13.5 Å². The highest BCUT2D eigenvalue weighted by molar-refractivity contribution is 5.83. The molecule has 3 aromatic carbocycles. The quantitative estimate of drug-likeness (QED) is 0.481. The zero-order valence-corrected chi connectivity index (χ0v) is 15.9. The largest absolute Gasteiger partial charge is 0.494 e. The lowest BCUT2D eigenvalue weighted by Crippen LogP contribution is -1.98. The average Bonchev–Trinajstić information content (AvgIpc) is 2.72. The van der Waals surface area contributed by atoms with E-state index in [2.05, 4.69) is 4.99 Å². The first-order valence-corrected chi connectivity index (χ1v) is 9.00. The first-order valence-electron chi connectivity index (χ1n) is 9.00. The summed E-state index contributed by atoms with van der Waals surface area (Å²) in [5.74, 6) is 1.72. The van der Waals surface area contributed by atoms with Gasteiger partial charge in [0.05, 0.1) is 19.4 Å². The summed E-state index contributed by atoms with van der Waals surface area (Å²) in [6.07, 6.45) is 1.76. The molecule has 0 saturated carbocycles. The van der Waals surface area contributed by atoms with Crippen molar-refractivity contribution in [3.05, 3.63) is 83.7 Å². The number of halogens is 1. The minimum absolute atomic E-state index is 0.258. The molecular formula is C23H22FNO3. The Labute approximate surface area is 164 Å². The van der Waals surface area contributed by atoms with E-state index in [1.165, 1.54) is 12.1 Å². The number of hydrogen-bond donors (Lipinski definition) is 0. The molecule has 5 heteroatoms. The average molecular weight is 379 g/mol. The second-order valence-electron chi connectivity index (χ2n) is 6.01. The van der Waals surface area contributed by atoms with E-state index < -0.39 is 0 Å². The van der Waals surface area contributed by atoms with Gasteiger partial charge in [-0.05, 0) is 72.6 Å². The van der Waals surface area contributed by atoms with Crippen LogP contribution in [0.2, 0.25) is 0 Å². The summed E-state index contributed by atoms with van der Waals surface area (Å²) in [7, 11) is 1.58. The van der Waals surface area contributed by atoms with Gasteiger partial charge in [0.2, 0.25) is 0 Å². The molecule has 0 bridgehead atoms. The first-order chi connectivity index (χ1) is 13.7. The molecule has 144 valence electrons. The van der Waals surface area contributed by atoms with Gasteiger partial charge >= 0.3 is 0 Å². The fourth-order valence-corrected chi connectivity index (χ4v) is 2.62. The summed E-state index contributed by atoms with van der Waals surface area (Å²) in [6.45, 7) is 2.84. The third kappa shape index (κ3) is 5.33. The Hall–Kier alpha value is -3.34. The number of aliphatic imine (C=N–C) groups is 1. The van der Waals surface area contributed by atoms with Crippen molar-refractivity contribution >= 4 is 11.9 Å². The van der Waals surface area contributed by atoms with Crippen molar-refractivity contribution in [3.63, 3.8) is 0 Å². The van der Waals surface area contributed by atoms with Crippen LogP contribution in [0.1, 0.15) is 18.1 Å². The van der Waals surface area contributed by atoms with Gasteiger partial charge in [-0.1, -0.05) is 12.1 Å². The number of nitrogens with zero attached hydrogens (tertiary/aromatic N) is 1. The summed E-state index contributed by atoms with van der Waals surface area (Å²) >= 11 is 0. The van der Waals surface area contributed by atoms with Gasteiger partial charge in [-0.15, -0.1) is 0 Å². The molecule has 0 aliphatic heterocycles. The Kier molecular flexibility index (Phi) is 6.63. The topological polar surface area (TPSA) is 40.0 Å². The maximum atomic E-state index is 13.3. The van der Waals surface area contributed by atoms with Gasteiger partial charge < -0.3 is 14.2 Å². The van der Waals surface area contributed by atoms with E-state index in [9.17, 15) is 4.39 Å². The highest BCUT2D eigenvalue weighted by Crippen LogP contribution is 2.29. The van der Waals surface area contributed by atoms with Crippen molar-refractivity contribution in [1.82, 2.24) is 0 Å².